The Balaban J connectivity index is 1.49. The molecule has 2 fully saturated rings. The van der Waals surface area contributed by atoms with Crippen LogP contribution in [0.25, 0.3) is 0 Å². The average molecular weight is 463 g/mol. The van der Waals surface area contributed by atoms with Crippen LogP contribution in [-0.4, -0.2) is 77.5 Å². The minimum Gasteiger partial charge on any atom is -0.369 e. The molecule has 2 saturated heterocycles. The monoisotopic (exact) mass is 462 g/mol. The van der Waals surface area contributed by atoms with E-state index in [0.29, 0.717) is 11.1 Å². The Morgan fingerprint density at radius 1 is 1.00 bits per heavy atom. The average Bonchev–Trinajstić information content (AvgIpc) is 2.97. The highest BCUT2D eigenvalue weighted by atomic mass is 79.9. The first-order valence-corrected chi connectivity index (χ1v) is 11.0. The summed E-state index contributed by atoms with van der Waals surface area (Å²) in [5.41, 5.74) is 1.56. The van der Waals surface area contributed by atoms with Gasteiger partial charge in [-0.3, -0.25) is 34.3 Å². The van der Waals surface area contributed by atoms with Crippen molar-refractivity contribution in [1.82, 2.24) is 15.1 Å². The normalized spacial score (nSPS) is 22.9. The molecular weight excluding hydrogens is 440 g/mol. The second kappa shape index (κ2) is 8.23. The first-order chi connectivity index (χ1) is 14.0. The van der Waals surface area contributed by atoms with Gasteiger partial charge in [0, 0.05) is 43.6 Å². The molecule has 3 aliphatic rings. The highest BCUT2D eigenvalue weighted by Crippen LogP contribution is 2.31. The number of imide groups is 2. The van der Waals surface area contributed by atoms with Gasteiger partial charge in [0.1, 0.15) is 6.04 Å². The molecule has 0 spiro atoms. The number of rotatable bonds is 5. The number of piperazine rings is 1. The lowest BCUT2D eigenvalue weighted by atomic mass is 10.0. The van der Waals surface area contributed by atoms with Crippen molar-refractivity contribution in [2.75, 3.05) is 43.0 Å². The zero-order chi connectivity index (χ0) is 20.5. The predicted molar refractivity (Wildman–Crippen MR) is 110 cm³/mol. The fraction of sp³-hybridized carbons (Fsp3) is 0.500. The maximum absolute atomic E-state index is 12.9. The Bertz CT molecular complexity index is 866. The van der Waals surface area contributed by atoms with Crippen LogP contribution in [0.1, 0.15) is 40.0 Å². The lowest BCUT2D eigenvalue weighted by Crippen LogP contribution is -2.54. The van der Waals surface area contributed by atoms with Crippen molar-refractivity contribution < 1.29 is 19.2 Å². The Labute approximate surface area is 177 Å². The molecule has 3 heterocycles. The third kappa shape index (κ3) is 3.81. The number of carbonyl (C=O) groups excluding carboxylic acids is 4. The third-order valence-electron chi connectivity index (χ3n) is 5.77. The number of anilines is 1. The molecule has 0 radical (unpaired) electrons. The van der Waals surface area contributed by atoms with Gasteiger partial charge in [0.25, 0.3) is 11.8 Å². The second-order valence-electron chi connectivity index (χ2n) is 7.55. The molecule has 154 valence electrons. The number of carbonyl (C=O) groups is 4. The summed E-state index contributed by atoms with van der Waals surface area (Å²) in [6.07, 6.45) is 1.40. The lowest BCUT2D eigenvalue weighted by molar-refractivity contribution is -0.136. The van der Waals surface area contributed by atoms with Crippen LogP contribution in [0.3, 0.4) is 0 Å². The highest BCUT2D eigenvalue weighted by molar-refractivity contribution is 9.09. The molecule has 1 aromatic rings. The van der Waals surface area contributed by atoms with Crippen molar-refractivity contribution in [3.63, 3.8) is 0 Å². The molecule has 8 nitrogen and oxygen atoms in total. The lowest BCUT2D eigenvalue weighted by Gasteiger charge is -2.36. The molecule has 1 aromatic carbocycles. The number of halogens is 1. The topological polar surface area (TPSA) is 90.0 Å². The molecule has 1 unspecified atom stereocenters. The number of benzene rings is 1. The van der Waals surface area contributed by atoms with Gasteiger partial charge < -0.3 is 4.90 Å². The van der Waals surface area contributed by atoms with Gasteiger partial charge in [0.2, 0.25) is 11.8 Å². The summed E-state index contributed by atoms with van der Waals surface area (Å²) in [5.74, 6) is -1.89. The first-order valence-electron chi connectivity index (χ1n) is 9.88. The van der Waals surface area contributed by atoms with Crippen LogP contribution < -0.4 is 10.2 Å². The first kappa shape index (κ1) is 20.0. The minimum absolute atomic E-state index is 0.119. The van der Waals surface area contributed by atoms with Gasteiger partial charge >= 0.3 is 0 Å². The number of alkyl halides is 1. The van der Waals surface area contributed by atoms with E-state index in [1.54, 1.807) is 12.1 Å². The number of nitrogens with one attached hydrogen (secondary N) is 1. The molecule has 1 N–H and O–H groups in total. The van der Waals surface area contributed by atoms with E-state index in [1.165, 1.54) is 0 Å². The molecule has 0 saturated carbocycles. The summed E-state index contributed by atoms with van der Waals surface area (Å²) in [5, 5.41) is 3.21. The minimum atomic E-state index is -0.929. The Morgan fingerprint density at radius 3 is 2.41 bits per heavy atom. The van der Waals surface area contributed by atoms with Gasteiger partial charge in [-0.05, 0) is 37.6 Å². The van der Waals surface area contributed by atoms with Gasteiger partial charge in [0.05, 0.1) is 11.1 Å². The molecule has 3 aliphatic heterocycles. The maximum atomic E-state index is 12.9. The standard InChI is InChI=1S/C20H23BrN4O4/c21-6-1-7-23-8-10-24(11-9-23)13-2-3-14-15(12-13)20(29)25(19(14)28)16-4-5-17(26)22-18(16)27/h2-3,12,16H,1,4-11H2,(H,22,26,27). The summed E-state index contributed by atoms with van der Waals surface area (Å²) in [6, 6.07) is 4.37. The molecule has 1 atom stereocenters. The molecule has 4 rings (SSSR count). The fourth-order valence-corrected chi connectivity index (χ4v) is 4.42. The van der Waals surface area contributed by atoms with Gasteiger partial charge in [-0.15, -0.1) is 0 Å². The van der Waals surface area contributed by atoms with Gasteiger partial charge in [-0.1, -0.05) is 15.9 Å². The number of piperidine rings is 1. The van der Waals surface area contributed by atoms with E-state index in [9.17, 15) is 19.2 Å². The van der Waals surface area contributed by atoms with Crippen molar-refractivity contribution in [3.8, 4) is 0 Å². The van der Waals surface area contributed by atoms with E-state index in [-0.39, 0.29) is 18.7 Å². The largest absolute Gasteiger partial charge is 0.369 e. The van der Waals surface area contributed by atoms with Crippen LogP contribution in [-0.2, 0) is 9.59 Å². The number of amides is 4. The van der Waals surface area contributed by atoms with Crippen LogP contribution in [0, 0.1) is 0 Å². The number of nitrogens with zero attached hydrogens (tertiary/aromatic N) is 3. The molecule has 4 amide bonds. The molecule has 29 heavy (non-hydrogen) atoms. The van der Waals surface area contributed by atoms with E-state index >= 15 is 0 Å². The number of hydrogen-bond acceptors (Lipinski definition) is 6. The van der Waals surface area contributed by atoms with Gasteiger partial charge in [-0.2, -0.15) is 0 Å². The van der Waals surface area contributed by atoms with E-state index in [0.717, 1.165) is 55.1 Å². The summed E-state index contributed by atoms with van der Waals surface area (Å²) in [4.78, 5) is 54.9. The van der Waals surface area contributed by atoms with Crippen molar-refractivity contribution in [1.29, 1.82) is 0 Å². The molecule has 0 aromatic heterocycles. The SMILES string of the molecule is O=C1CCC(N2C(=O)c3ccc(N4CCN(CCCBr)CC4)cc3C2=O)C(=O)N1. The van der Waals surface area contributed by atoms with E-state index < -0.39 is 23.8 Å². The molecule has 0 bridgehead atoms. The molecule has 9 heteroatoms. The smallest absolute Gasteiger partial charge is 0.262 e. The zero-order valence-electron chi connectivity index (χ0n) is 16.0. The van der Waals surface area contributed by atoms with Crippen LogP contribution in [0.15, 0.2) is 18.2 Å². The predicted octanol–water partition coefficient (Wildman–Crippen LogP) is 0.995. The van der Waals surface area contributed by atoms with Crippen molar-refractivity contribution >= 4 is 45.2 Å². The quantitative estimate of drug-likeness (QED) is 0.518. The third-order valence-corrected chi connectivity index (χ3v) is 6.33. The van der Waals surface area contributed by atoms with Crippen LogP contribution in [0.4, 0.5) is 5.69 Å². The Morgan fingerprint density at radius 2 is 1.72 bits per heavy atom. The van der Waals surface area contributed by atoms with Crippen LogP contribution in [0.2, 0.25) is 0 Å². The van der Waals surface area contributed by atoms with Crippen LogP contribution >= 0.6 is 15.9 Å². The van der Waals surface area contributed by atoms with Gasteiger partial charge in [-0.25, -0.2) is 0 Å². The van der Waals surface area contributed by atoms with Crippen molar-refractivity contribution in [2.45, 2.75) is 25.3 Å². The maximum Gasteiger partial charge on any atom is 0.262 e. The Hall–Kier alpha value is -2.26. The summed E-state index contributed by atoms with van der Waals surface area (Å²) >= 11 is 3.46. The van der Waals surface area contributed by atoms with Crippen molar-refractivity contribution in [3.05, 3.63) is 29.3 Å². The van der Waals surface area contributed by atoms with Crippen LogP contribution in [0.5, 0.6) is 0 Å². The second-order valence-corrected chi connectivity index (χ2v) is 8.34. The fourth-order valence-electron chi connectivity index (χ4n) is 4.17. The van der Waals surface area contributed by atoms with E-state index in [1.807, 2.05) is 6.07 Å². The van der Waals surface area contributed by atoms with E-state index in [4.69, 9.17) is 0 Å². The highest BCUT2D eigenvalue weighted by Gasteiger charge is 2.44. The summed E-state index contributed by atoms with van der Waals surface area (Å²) < 4.78 is 0. The van der Waals surface area contributed by atoms with Gasteiger partial charge in [0.15, 0.2) is 0 Å². The molecular formula is C20H23BrN4O4. The Kier molecular flexibility index (Phi) is 5.69. The summed E-state index contributed by atoms with van der Waals surface area (Å²) in [7, 11) is 0. The number of fused-ring (bicyclic) bond motifs is 1. The number of hydrogen-bond donors (Lipinski definition) is 1. The summed E-state index contributed by atoms with van der Waals surface area (Å²) in [6.45, 7) is 4.70. The zero-order valence-corrected chi connectivity index (χ0v) is 17.6. The van der Waals surface area contributed by atoms with E-state index in [2.05, 4.69) is 31.0 Å². The van der Waals surface area contributed by atoms with Crippen molar-refractivity contribution in [2.24, 2.45) is 0 Å². The molecule has 0 aliphatic carbocycles.